The van der Waals surface area contributed by atoms with E-state index in [-0.39, 0.29) is 12.2 Å². The molecule has 2 unspecified atom stereocenters. The Hall–Kier alpha value is -4.20. The first kappa shape index (κ1) is 30.5. The molecule has 232 valence electrons. The van der Waals surface area contributed by atoms with E-state index in [1.165, 1.54) is 10.6 Å². The van der Waals surface area contributed by atoms with E-state index in [2.05, 4.69) is 21.2 Å². The number of fused-ring (bicyclic) bond motifs is 3. The second-order valence-electron chi connectivity index (χ2n) is 10.9. The lowest BCUT2D eigenvalue weighted by molar-refractivity contribution is -0.137. The van der Waals surface area contributed by atoms with E-state index >= 15 is 0 Å². The van der Waals surface area contributed by atoms with Crippen molar-refractivity contribution < 1.29 is 27.6 Å². The van der Waals surface area contributed by atoms with Crippen LogP contribution in [0.4, 0.5) is 24.5 Å². The summed E-state index contributed by atoms with van der Waals surface area (Å²) in [4.78, 5) is 55.4. The number of hydrogen-bond donors (Lipinski definition) is 1. The molecule has 0 radical (unpaired) electrons. The lowest BCUT2D eigenvalue weighted by Crippen LogP contribution is -2.33. The van der Waals surface area contributed by atoms with Crippen LogP contribution in [-0.4, -0.2) is 27.5 Å². The van der Waals surface area contributed by atoms with E-state index < -0.39 is 51.4 Å². The zero-order valence-electron chi connectivity index (χ0n) is 23.5. The molecule has 0 aliphatic carbocycles. The molecule has 0 saturated carbocycles. The SMILES string of the molecule is O=C(Cn1c2c(sc1=O)[C@H](c1ccc(Br)cc1)C1C(=O)N(c3cccc(C(F)(F)F)c3)C(=O)C1S2)Nc1ccc2ccccc2c1. The molecule has 3 amide bonds. The number of benzene rings is 4. The highest BCUT2D eigenvalue weighted by atomic mass is 79.9. The highest BCUT2D eigenvalue weighted by Gasteiger charge is 2.57. The fraction of sp³-hybridized carbons (Fsp3) is 0.152. The Labute approximate surface area is 276 Å². The number of nitrogens with zero attached hydrogens (tertiary/aromatic N) is 2. The van der Waals surface area contributed by atoms with Gasteiger partial charge in [0, 0.05) is 21.0 Å². The molecule has 1 aromatic heterocycles. The molecule has 1 fully saturated rings. The summed E-state index contributed by atoms with van der Waals surface area (Å²) in [6, 6.07) is 24.4. The van der Waals surface area contributed by atoms with Gasteiger partial charge in [-0.2, -0.15) is 13.2 Å². The summed E-state index contributed by atoms with van der Waals surface area (Å²) >= 11 is 5.29. The molecule has 3 heterocycles. The van der Waals surface area contributed by atoms with Gasteiger partial charge in [-0.3, -0.25) is 23.7 Å². The number of aromatic nitrogens is 1. The van der Waals surface area contributed by atoms with E-state index in [1.807, 2.05) is 36.4 Å². The topological polar surface area (TPSA) is 88.5 Å². The van der Waals surface area contributed by atoms with Gasteiger partial charge in [-0.1, -0.05) is 87.6 Å². The number of anilines is 2. The number of amides is 3. The molecular weight excluding hydrogens is 703 g/mol. The van der Waals surface area contributed by atoms with Crippen molar-refractivity contribution in [2.45, 2.75) is 28.9 Å². The number of nitrogens with one attached hydrogen (secondary N) is 1. The molecule has 13 heteroatoms. The van der Waals surface area contributed by atoms with Crippen LogP contribution in [-0.2, 0) is 27.1 Å². The number of carbonyl (C=O) groups excluding carboxylic acids is 3. The van der Waals surface area contributed by atoms with Crippen LogP contribution >= 0.6 is 39.0 Å². The van der Waals surface area contributed by atoms with Crippen LogP contribution < -0.4 is 15.1 Å². The molecule has 2 aliphatic heterocycles. The number of hydrogen-bond acceptors (Lipinski definition) is 6. The van der Waals surface area contributed by atoms with Gasteiger partial charge in [0.05, 0.1) is 22.2 Å². The molecule has 0 spiro atoms. The second-order valence-corrected chi connectivity index (χ2v) is 13.9. The number of alkyl halides is 3. The van der Waals surface area contributed by atoms with Crippen molar-refractivity contribution in [3.63, 3.8) is 0 Å². The normalized spacial score (nSPS) is 19.3. The Kier molecular flexibility index (Phi) is 7.65. The number of rotatable bonds is 5. The molecule has 2 aliphatic rings. The van der Waals surface area contributed by atoms with Gasteiger partial charge < -0.3 is 5.32 Å². The van der Waals surface area contributed by atoms with Gasteiger partial charge in [-0.25, -0.2) is 4.90 Å². The summed E-state index contributed by atoms with van der Waals surface area (Å²) in [6.07, 6.45) is -4.67. The minimum atomic E-state index is -4.67. The molecule has 46 heavy (non-hydrogen) atoms. The lowest BCUT2D eigenvalue weighted by Gasteiger charge is -2.30. The van der Waals surface area contributed by atoms with E-state index in [0.29, 0.717) is 21.2 Å². The van der Waals surface area contributed by atoms with Crippen LogP contribution in [0.3, 0.4) is 0 Å². The first-order valence-electron chi connectivity index (χ1n) is 14.0. The van der Waals surface area contributed by atoms with Crippen molar-refractivity contribution in [1.29, 1.82) is 0 Å². The zero-order valence-corrected chi connectivity index (χ0v) is 26.7. The lowest BCUT2D eigenvalue weighted by atomic mass is 9.83. The molecule has 4 aromatic carbocycles. The Morgan fingerprint density at radius 1 is 0.870 bits per heavy atom. The average molecular weight is 725 g/mol. The van der Waals surface area contributed by atoms with Crippen LogP contribution in [0.1, 0.15) is 21.9 Å². The standard InChI is InChI=1S/C33H21BrF3N3O4S2/c34-21-11-8-18(9-12-21)25-26-27(30(43)40(29(26)42)23-7-3-6-20(15-23)33(35,36)37)45-31-28(25)46-32(44)39(31)16-24(41)38-22-13-10-17-4-1-2-5-19(17)14-22/h1-15,25-27H,16H2,(H,38,41)/t25-,26?,27?/m1/s1. The molecule has 1 saturated heterocycles. The minimum Gasteiger partial charge on any atom is -0.325 e. The number of carbonyl (C=O) groups is 3. The fourth-order valence-corrected chi connectivity index (χ4v) is 9.01. The van der Waals surface area contributed by atoms with Gasteiger partial charge in [0.15, 0.2) is 0 Å². The van der Waals surface area contributed by atoms with Gasteiger partial charge in [0.2, 0.25) is 17.7 Å². The molecule has 7 rings (SSSR count). The fourth-order valence-electron chi connectivity index (χ4n) is 5.97. The van der Waals surface area contributed by atoms with Gasteiger partial charge in [0.1, 0.15) is 11.8 Å². The first-order valence-corrected chi connectivity index (χ1v) is 16.5. The average Bonchev–Trinajstić information content (AvgIpc) is 3.47. The second kappa shape index (κ2) is 11.6. The minimum absolute atomic E-state index is 0.176. The first-order chi connectivity index (χ1) is 22.0. The molecular formula is C33H21BrF3N3O4S2. The highest BCUT2D eigenvalue weighted by Crippen LogP contribution is 2.54. The van der Waals surface area contributed by atoms with Crippen LogP contribution in [0, 0.1) is 5.92 Å². The van der Waals surface area contributed by atoms with Crippen LogP contribution in [0.25, 0.3) is 10.8 Å². The maximum absolute atomic E-state index is 14.0. The highest BCUT2D eigenvalue weighted by molar-refractivity contribution is 9.10. The summed E-state index contributed by atoms with van der Waals surface area (Å²) < 4.78 is 42.7. The van der Waals surface area contributed by atoms with E-state index in [4.69, 9.17) is 0 Å². The Balaban J connectivity index is 1.26. The molecule has 7 nitrogen and oxygen atoms in total. The third-order valence-corrected chi connectivity index (χ3v) is 11.2. The van der Waals surface area contributed by atoms with Crippen LogP contribution in [0.15, 0.2) is 105 Å². The van der Waals surface area contributed by atoms with Gasteiger partial charge >= 0.3 is 11.0 Å². The monoisotopic (exact) mass is 723 g/mol. The number of thiazole rings is 1. The van der Waals surface area contributed by atoms with E-state index in [9.17, 15) is 32.3 Å². The van der Waals surface area contributed by atoms with Crippen molar-refractivity contribution in [3.8, 4) is 0 Å². The predicted molar refractivity (Wildman–Crippen MR) is 174 cm³/mol. The summed E-state index contributed by atoms with van der Waals surface area (Å²) in [5.74, 6) is -3.53. The molecule has 3 atom stereocenters. The van der Waals surface area contributed by atoms with Crippen LogP contribution in [0.2, 0.25) is 0 Å². The quantitative estimate of drug-likeness (QED) is 0.193. The van der Waals surface area contributed by atoms with Crippen molar-refractivity contribution in [2.24, 2.45) is 5.92 Å². The number of halogens is 4. The van der Waals surface area contributed by atoms with E-state index in [1.54, 1.807) is 30.3 Å². The van der Waals surface area contributed by atoms with E-state index in [0.717, 1.165) is 61.4 Å². The Bertz CT molecular complexity index is 2110. The maximum Gasteiger partial charge on any atom is 0.416 e. The molecule has 1 N–H and O–H groups in total. The third-order valence-electron chi connectivity index (χ3n) is 8.05. The smallest absolute Gasteiger partial charge is 0.325 e. The van der Waals surface area contributed by atoms with Gasteiger partial charge in [0.25, 0.3) is 0 Å². The predicted octanol–water partition coefficient (Wildman–Crippen LogP) is 7.28. The third kappa shape index (κ3) is 5.35. The zero-order chi connectivity index (χ0) is 32.3. The summed E-state index contributed by atoms with van der Waals surface area (Å²) in [5.41, 5.74) is 0.0447. The maximum atomic E-state index is 14.0. The summed E-state index contributed by atoms with van der Waals surface area (Å²) in [7, 11) is 0. The molecule has 0 bridgehead atoms. The largest absolute Gasteiger partial charge is 0.416 e. The number of imide groups is 1. The summed E-state index contributed by atoms with van der Waals surface area (Å²) in [5, 5.41) is 4.11. The van der Waals surface area contributed by atoms with Crippen LogP contribution in [0.5, 0.6) is 0 Å². The van der Waals surface area contributed by atoms with Gasteiger partial charge in [-0.05, 0) is 58.8 Å². The van der Waals surface area contributed by atoms with Crippen molar-refractivity contribution >= 4 is 78.9 Å². The Morgan fingerprint density at radius 2 is 1.61 bits per heavy atom. The van der Waals surface area contributed by atoms with Gasteiger partial charge in [-0.15, -0.1) is 0 Å². The van der Waals surface area contributed by atoms with Crippen molar-refractivity contribution in [1.82, 2.24) is 4.57 Å². The van der Waals surface area contributed by atoms with Crippen molar-refractivity contribution in [3.05, 3.63) is 121 Å². The summed E-state index contributed by atoms with van der Waals surface area (Å²) in [6.45, 7) is -0.339. The number of thioether (sulfide) groups is 1. The van der Waals surface area contributed by atoms with Crippen molar-refractivity contribution in [2.75, 3.05) is 10.2 Å². The Morgan fingerprint density at radius 3 is 2.35 bits per heavy atom. The molecule has 5 aromatic rings.